The highest BCUT2D eigenvalue weighted by molar-refractivity contribution is 7.85. The molecule has 0 saturated carbocycles. The molecule has 4 heteroatoms. The number of rotatable bonds is 4. The molecule has 2 aromatic rings. The van der Waals surface area contributed by atoms with Gasteiger partial charge in [-0.15, -0.1) is 0 Å². The minimum absolute atomic E-state index is 0.667. The van der Waals surface area contributed by atoms with Gasteiger partial charge in [-0.25, -0.2) is 0 Å². The summed E-state index contributed by atoms with van der Waals surface area (Å²) in [5.74, 6) is 0.667. The van der Waals surface area contributed by atoms with Gasteiger partial charge in [-0.1, -0.05) is 0 Å². The summed E-state index contributed by atoms with van der Waals surface area (Å²) in [7, 11) is -0.927. The Balaban J connectivity index is 1.95. The lowest BCUT2D eigenvalue weighted by Gasteiger charge is -2.01. The van der Waals surface area contributed by atoms with Crippen molar-refractivity contribution >= 4 is 27.8 Å². The van der Waals surface area contributed by atoms with Crippen LogP contribution in [0.3, 0.4) is 0 Å². The predicted molar refractivity (Wildman–Crippen MR) is 70.2 cm³/mol. The highest BCUT2D eigenvalue weighted by Gasteiger charge is 2.04. The average molecular weight is 251 g/mol. The molecule has 0 aliphatic rings. The molecule has 84 valence electrons. The molecule has 1 aromatic heterocycles. The summed E-state index contributed by atoms with van der Waals surface area (Å²) in [6, 6.07) is 9.32. The molecule has 0 saturated heterocycles. The quantitative estimate of drug-likeness (QED) is 0.849. The number of aryl methyl sites for hydroxylation is 1. The average Bonchev–Trinajstić information content (AvgIpc) is 2.80. The van der Waals surface area contributed by atoms with Crippen LogP contribution in [0.5, 0.6) is 0 Å². The SMILES string of the molecule is Nc1ccc(S(=O)CCc2ccsc2)cc1. The summed E-state index contributed by atoms with van der Waals surface area (Å²) in [5, 5.41) is 4.14. The first kappa shape index (κ1) is 11.4. The molecule has 1 atom stereocenters. The minimum atomic E-state index is -0.927. The van der Waals surface area contributed by atoms with Gasteiger partial charge in [-0.2, -0.15) is 11.3 Å². The molecule has 0 spiro atoms. The van der Waals surface area contributed by atoms with Gasteiger partial charge in [-0.3, -0.25) is 4.21 Å². The molecule has 1 aromatic carbocycles. The monoisotopic (exact) mass is 251 g/mol. The summed E-state index contributed by atoms with van der Waals surface area (Å²) in [4.78, 5) is 0.851. The van der Waals surface area contributed by atoms with E-state index in [0.29, 0.717) is 11.4 Å². The molecular weight excluding hydrogens is 238 g/mol. The Morgan fingerprint density at radius 1 is 1.19 bits per heavy atom. The van der Waals surface area contributed by atoms with Crippen molar-refractivity contribution in [3.05, 3.63) is 46.7 Å². The highest BCUT2D eigenvalue weighted by Crippen LogP contribution is 2.12. The predicted octanol–water partition coefficient (Wildman–Crippen LogP) is 2.68. The van der Waals surface area contributed by atoms with E-state index in [1.54, 1.807) is 23.5 Å². The molecule has 2 N–H and O–H groups in total. The van der Waals surface area contributed by atoms with Crippen LogP contribution in [0.25, 0.3) is 0 Å². The van der Waals surface area contributed by atoms with Crippen LogP contribution in [0.2, 0.25) is 0 Å². The van der Waals surface area contributed by atoms with Gasteiger partial charge in [0, 0.05) is 16.3 Å². The van der Waals surface area contributed by atoms with Gasteiger partial charge in [-0.05, 0) is 53.1 Å². The third kappa shape index (κ3) is 2.93. The fourth-order valence-electron chi connectivity index (χ4n) is 1.38. The number of anilines is 1. The van der Waals surface area contributed by atoms with E-state index < -0.39 is 10.8 Å². The lowest BCUT2D eigenvalue weighted by molar-refractivity contribution is 0.682. The largest absolute Gasteiger partial charge is 0.399 e. The summed E-state index contributed by atoms with van der Waals surface area (Å²) in [6.45, 7) is 0. The number of thiophene rings is 1. The number of hydrogen-bond donors (Lipinski definition) is 1. The van der Waals surface area contributed by atoms with Gasteiger partial charge in [0.1, 0.15) is 0 Å². The van der Waals surface area contributed by atoms with E-state index in [2.05, 4.69) is 11.4 Å². The van der Waals surface area contributed by atoms with Gasteiger partial charge < -0.3 is 5.73 Å². The van der Waals surface area contributed by atoms with E-state index in [4.69, 9.17) is 5.73 Å². The van der Waals surface area contributed by atoms with Crippen LogP contribution in [0.15, 0.2) is 46.0 Å². The number of hydrogen-bond acceptors (Lipinski definition) is 3. The molecule has 2 nitrogen and oxygen atoms in total. The van der Waals surface area contributed by atoms with Crippen molar-refractivity contribution in [2.45, 2.75) is 11.3 Å². The van der Waals surface area contributed by atoms with Gasteiger partial charge >= 0.3 is 0 Å². The maximum absolute atomic E-state index is 11.9. The van der Waals surface area contributed by atoms with Crippen LogP contribution in [-0.2, 0) is 17.2 Å². The Morgan fingerprint density at radius 3 is 2.56 bits per heavy atom. The van der Waals surface area contributed by atoms with Crippen LogP contribution in [0.4, 0.5) is 5.69 Å². The summed E-state index contributed by atoms with van der Waals surface area (Å²) in [5.41, 5.74) is 7.55. The zero-order valence-corrected chi connectivity index (χ0v) is 10.4. The van der Waals surface area contributed by atoms with Crippen molar-refractivity contribution in [1.82, 2.24) is 0 Å². The molecule has 0 aliphatic carbocycles. The Hall–Kier alpha value is -1.13. The maximum Gasteiger partial charge on any atom is 0.0532 e. The second-order valence-electron chi connectivity index (χ2n) is 3.50. The van der Waals surface area contributed by atoms with E-state index in [-0.39, 0.29) is 0 Å². The summed E-state index contributed by atoms with van der Waals surface area (Å²) in [6.07, 6.45) is 0.862. The molecule has 0 radical (unpaired) electrons. The van der Waals surface area contributed by atoms with Gasteiger partial charge in [0.15, 0.2) is 0 Å². The van der Waals surface area contributed by atoms with Crippen LogP contribution < -0.4 is 5.73 Å². The van der Waals surface area contributed by atoms with Crippen LogP contribution in [0, 0.1) is 0 Å². The van der Waals surface area contributed by atoms with E-state index in [9.17, 15) is 4.21 Å². The lowest BCUT2D eigenvalue weighted by Crippen LogP contribution is -2.01. The number of benzene rings is 1. The molecule has 1 heterocycles. The molecular formula is C12H13NOS2. The molecule has 1 unspecified atom stereocenters. The molecule has 16 heavy (non-hydrogen) atoms. The fraction of sp³-hybridized carbons (Fsp3) is 0.167. The Labute approximate surface area is 102 Å². The first-order valence-corrected chi connectivity index (χ1v) is 7.27. The topological polar surface area (TPSA) is 43.1 Å². The van der Waals surface area contributed by atoms with Gasteiger partial charge in [0.25, 0.3) is 0 Å². The smallest absolute Gasteiger partial charge is 0.0532 e. The van der Waals surface area contributed by atoms with Crippen molar-refractivity contribution < 1.29 is 4.21 Å². The summed E-state index contributed by atoms with van der Waals surface area (Å²) >= 11 is 1.67. The zero-order valence-electron chi connectivity index (χ0n) is 8.76. The van der Waals surface area contributed by atoms with Crippen molar-refractivity contribution in [3.8, 4) is 0 Å². The van der Waals surface area contributed by atoms with Gasteiger partial charge in [0.05, 0.1) is 10.8 Å². The molecule has 0 amide bonds. The number of nitrogens with two attached hydrogens (primary N) is 1. The third-order valence-electron chi connectivity index (χ3n) is 2.30. The Bertz CT molecular complexity index is 462. The first-order chi connectivity index (χ1) is 7.75. The normalized spacial score (nSPS) is 12.5. The molecule has 0 aliphatic heterocycles. The zero-order chi connectivity index (χ0) is 11.4. The second-order valence-corrected chi connectivity index (χ2v) is 5.85. The van der Waals surface area contributed by atoms with E-state index in [1.807, 2.05) is 17.5 Å². The minimum Gasteiger partial charge on any atom is -0.399 e. The molecule has 0 fully saturated rings. The molecule has 2 rings (SSSR count). The van der Waals surface area contributed by atoms with E-state index in [1.165, 1.54) is 5.56 Å². The van der Waals surface area contributed by atoms with Crippen molar-refractivity contribution in [2.24, 2.45) is 0 Å². The standard InChI is InChI=1S/C12H13NOS2/c13-11-1-3-12(4-2-11)16(14)8-6-10-5-7-15-9-10/h1-5,7,9H,6,8,13H2. The van der Waals surface area contributed by atoms with Crippen LogP contribution in [0.1, 0.15) is 5.56 Å². The third-order valence-corrected chi connectivity index (χ3v) is 4.40. The van der Waals surface area contributed by atoms with E-state index in [0.717, 1.165) is 11.3 Å². The van der Waals surface area contributed by atoms with Crippen molar-refractivity contribution in [3.63, 3.8) is 0 Å². The highest BCUT2D eigenvalue weighted by atomic mass is 32.2. The van der Waals surface area contributed by atoms with E-state index >= 15 is 0 Å². The number of nitrogen functional groups attached to an aromatic ring is 1. The van der Waals surface area contributed by atoms with Crippen LogP contribution in [-0.4, -0.2) is 9.96 Å². The Kier molecular flexibility index (Phi) is 3.74. The fourth-order valence-corrected chi connectivity index (χ4v) is 3.18. The van der Waals surface area contributed by atoms with Crippen LogP contribution >= 0.6 is 11.3 Å². The summed E-state index contributed by atoms with van der Waals surface area (Å²) < 4.78 is 11.9. The Morgan fingerprint density at radius 2 is 1.94 bits per heavy atom. The first-order valence-electron chi connectivity index (χ1n) is 5.01. The lowest BCUT2D eigenvalue weighted by atomic mass is 10.3. The second kappa shape index (κ2) is 5.27. The van der Waals surface area contributed by atoms with Gasteiger partial charge in [0.2, 0.25) is 0 Å². The van der Waals surface area contributed by atoms with Crippen molar-refractivity contribution in [2.75, 3.05) is 11.5 Å². The maximum atomic E-state index is 11.9. The van der Waals surface area contributed by atoms with Crippen molar-refractivity contribution in [1.29, 1.82) is 0 Å². The molecule has 0 bridgehead atoms.